The fourth-order valence-corrected chi connectivity index (χ4v) is 9.02. The summed E-state index contributed by atoms with van der Waals surface area (Å²) in [5.74, 6) is -0.00380. The van der Waals surface area contributed by atoms with Crippen molar-refractivity contribution in [3.8, 4) is 0 Å². The van der Waals surface area contributed by atoms with Gasteiger partial charge in [0.25, 0.3) is 0 Å². The molecule has 5 rings (SSSR count). The Morgan fingerprint density at radius 3 is 2.61 bits per heavy atom. The lowest BCUT2D eigenvalue weighted by molar-refractivity contribution is -0.128. The number of hydrogen-bond donors (Lipinski definition) is 2. The van der Waals surface area contributed by atoms with E-state index in [0.717, 1.165) is 82.1 Å². The molecule has 212 valence electrons. The topological polar surface area (TPSA) is 81.8 Å². The fraction of sp³-hybridized carbons (Fsp3) is 0.759. The van der Waals surface area contributed by atoms with Gasteiger partial charge in [-0.1, -0.05) is 32.3 Å². The Hall–Kier alpha value is -1.71. The van der Waals surface area contributed by atoms with Gasteiger partial charge in [0.2, 0.25) is 15.9 Å². The monoisotopic (exact) mass is 548 g/mol. The van der Waals surface area contributed by atoms with Crippen molar-refractivity contribution in [2.75, 3.05) is 31.2 Å². The number of likely N-dealkylation sites (N-methyl/N-ethyl adjacent to an activating group) is 1. The summed E-state index contributed by atoms with van der Waals surface area (Å²) in [7, 11) is -3.22. The van der Waals surface area contributed by atoms with Crippen LogP contribution < -0.4 is 10.6 Å². The molecule has 4 aliphatic rings. The number of fused-ring (bicyclic) bond motifs is 1. The zero-order valence-corrected chi connectivity index (χ0v) is 24.1. The maximum absolute atomic E-state index is 14.9. The molecule has 2 N–H and O–H groups in total. The summed E-state index contributed by atoms with van der Waals surface area (Å²) in [5, 5.41) is 7.04. The zero-order chi connectivity index (χ0) is 27.1. The molecule has 9 heteroatoms. The van der Waals surface area contributed by atoms with Crippen molar-refractivity contribution in [3.05, 3.63) is 29.1 Å². The number of nitrogens with zero attached hydrogens (tertiary/aromatic N) is 2. The SMILES string of the molecule is CCN([C@H]1CCN([C@H]2CCC[C@@H](NC(=O)C3(C4CCCCC4)Cc4c(F)ccc(C)c4N3)C2)C1)S(C)(=O)=O. The van der Waals surface area contributed by atoms with Crippen molar-refractivity contribution in [3.63, 3.8) is 0 Å². The molecular formula is C29H45FN4O3S. The number of amides is 1. The molecular weight excluding hydrogens is 503 g/mol. The molecule has 7 nitrogen and oxygen atoms in total. The first kappa shape index (κ1) is 27.8. The Kier molecular flexibility index (Phi) is 8.09. The lowest BCUT2D eigenvalue weighted by atomic mass is 9.72. The number of halogens is 1. The molecule has 1 unspecified atom stereocenters. The molecule has 0 radical (unpaired) electrons. The first-order valence-corrected chi connectivity index (χ1v) is 16.5. The minimum absolute atomic E-state index is 0.0265. The molecule has 38 heavy (non-hydrogen) atoms. The van der Waals surface area contributed by atoms with Crippen LogP contribution in [0.1, 0.15) is 82.3 Å². The Morgan fingerprint density at radius 1 is 1.16 bits per heavy atom. The Labute approximate surface area is 228 Å². The van der Waals surface area contributed by atoms with Crippen LogP contribution in [0.4, 0.5) is 10.1 Å². The number of carbonyl (C=O) groups excluding carboxylic acids is 1. The van der Waals surface area contributed by atoms with Crippen molar-refractivity contribution >= 4 is 21.6 Å². The van der Waals surface area contributed by atoms with Gasteiger partial charge in [-0.25, -0.2) is 12.8 Å². The van der Waals surface area contributed by atoms with E-state index in [1.54, 1.807) is 10.4 Å². The molecule has 0 spiro atoms. The number of likely N-dealkylation sites (tertiary alicyclic amines) is 1. The lowest BCUT2D eigenvalue weighted by Crippen LogP contribution is -2.60. The van der Waals surface area contributed by atoms with Gasteiger partial charge in [0.15, 0.2) is 0 Å². The maximum Gasteiger partial charge on any atom is 0.246 e. The average Bonchev–Trinajstić information content (AvgIpc) is 3.54. The highest BCUT2D eigenvalue weighted by molar-refractivity contribution is 7.88. The molecule has 1 saturated heterocycles. The summed E-state index contributed by atoms with van der Waals surface area (Å²) in [5.41, 5.74) is 1.66. The largest absolute Gasteiger partial charge is 0.370 e. The number of hydrogen-bond acceptors (Lipinski definition) is 5. The number of anilines is 1. The standard InChI is InChI=1S/C29H45FN4O3S/c1-4-34(38(3,36)37)24-15-16-33(19-24)23-12-8-11-22(17-23)31-28(35)29(21-9-6-5-7-10-21)18-25-26(30)14-13-20(2)27(25)32-29/h13-14,21-24,32H,4-12,15-19H2,1-3H3,(H,31,35)/t22-,23+,24+,29?/m1/s1. The molecule has 4 atom stereocenters. The van der Waals surface area contributed by atoms with Crippen LogP contribution >= 0.6 is 0 Å². The fourth-order valence-electron chi connectivity index (χ4n) is 7.84. The van der Waals surface area contributed by atoms with Gasteiger partial charge in [0, 0.05) is 55.4 Å². The van der Waals surface area contributed by atoms with Gasteiger partial charge in [-0.15, -0.1) is 0 Å². The van der Waals surface area contributed by atoms with Crippen molar-refractivity contribution < 1.29 is 17.6 Å². The first-order chi connectivity index (χ1) is 18.1. The Bertz CT molecular complexity index is 1110. The Morgan fingerprint density at radius 2 is 1.92 bits per heavy atom. The minimum Gasteiger partial charge on any atom is -0.370 e. The molecule has 1 amide bonds. The smallest absolute Gasteiger partial charge is 0.246 e. The predicted octanol–water partition coefficient (Wildman–Crippen LogP) is 4.20. The highest BCUT2D eigenvalue weighted by Crippen LogP contribution is 2.45. The molecule has 2 saturated carbocycles. The number of sulfonamides is 1. The second-order valence-corrected chi connectivity index (χ2v) is 14.2. The van der Waals surface area contributed by atoms with E-state index in [9.17, 15) is 17.6 Å². The van der Waals surface area contributed by atoms with Gasteiger partial charge < -0.3 is 10.6 Å². The van der Waals surface area contributed by atoms with Gasteiger partial charge in [-0.2, -0.15) is 4.31 Å². The number of carbonyl (C=O) groups is 1. The van der Waals surface area contributed by atoms with Gasteiger partial charge in [-0.3, -0.25) is 9.69 Å². The van der Waals surface area contributed by atoms with E-state index in [2.05, 4.69) is 15.5 Å². The maximum atomic E-state index is 14.9. The molecule has 2 aliphatic carbocycles. The third-order valence-corrected chi connectivity index (χ3v) is 11.2. The third-order valence-electron chi connectivity index (χ3n) is 9.81. The van der Waals surface area contributed by atoms with Crippen molar-refractivity contribution in [1.29, 1.82) is 0 Å². The van der Waals surface area contributed by atoms with Crippen LogP contribution in [0.5, 0.6) is 0 Å². The van der Waals surface area contributed by atoms with Crippen LogP contribution in [-0.4, -0.2) is 73.1 Å². The second-order valence-electron chi connectivity index (χ2n) is 12.2. The Balaban J connectivity index is 1.29. The normalized spacial score (nSPS) is 30.8. The van der Waals surface area contributed by atoms with Gasteiger partial charge >= 0.3 is 0 Å². The van der Waals surface area contributed by atoms with E-state index in [1.165, 1.54) is 18.7 Å². The third kappa shape index (κ3) is 5.35. The van der Waals surface area contributed by atoms with E-state index in [-0.39, 0.29) is 29.7 Å². The summed E-state index contributed by atoms with van der Waals surface area (Å²) in [6.45, 7) is 6.04. The predicted molar refractivity (Wildman–Crippen MR) is 149 cm³/mol. The minimum atomic E-state index is -3.22. The van der Waals surface area contributed by atoms with Crippen LogP contribution in [0.25, 0.3) is 0 Å². The molecule has 2 aliphatic heterocycles. The quantitative estimate of drug-likeness (QED) is 0.534. The molecule has 1 aromatic carbocycles. The van der Waals surface area contributed by atoms with Crippen molar-refractivity contribution in [2.45, 2.75) is 108 Å². The van der Waals surface area contributed by atoms with E-state index >= 15 is 0 Å². The number of rotatable bonds is 7. The van der Waals surface area contributed by atoms with E-state index < -0.39 is 15.6 Å². The van der Waals surface area contributed by atoms with Crippen LogP contribution in [0.3, 0.4) is 0 Å². The first-order valence-electron chi connectivity index (χ1n) is 14.7. The van der Waals surface area contributed by atoms with Crippen molar-refractivity contribution in [2.24, 2.45) is 5.92 Å². The van der Waals surface area contributed by atoms with Gasteiger partial charge in [0.1, 0.15) is 11.4 Å². The van der Waals surface area contributed by atoms with E-state index in [4.69, 9.17) is 0 Å². The second kappa shape index (κ2) is 11.0. The number of nitrogens with one attached hydrogen (secondary N) is 2. The van der Waals surface area contributed by atoms with Crippen LogP contribution in [-0.2, 0) is 21.2 Å². The van der Waals surface area contributed by atoms with Crippen LogP contribution in [0.2, 0.25) is 0 Å². The van der Waals surface area contributed by atoms with Gasteiger partial charge in [-0.05, 0) is 69.4 Å². The summed E-state index contributed by atoms with van der Waals surface area (Å²) < 4.78 is 41.0. The van der Waals surface area contributed by atoms with E-state index in [1.807, 2.05) is 13.8 Å². The highest BCUT2D eigenvalue weighted by Gasteiger charge is 2.51. The molecule has 1 aromatic rings. The number of aryl methyl sites for hydroxylation is 1. The molecule has 0 aromatic heterocycles. The van der Waals surface area contributed by atoms with Gasteiger partial charge in [0.05, 0.1) is 6.26 Å². The summed E-state index contributed by atoms with van der Waals surface area (Å²) in [6, 6.07) is 3.78. The van der Waals surface area contributed by atoms with Crippen molar-refractivity contribution in [1.82, 2.24) is 14.5 Å². The molecule has 3 fully saturated rings. The summed E-state index contributed by atoms with van der Waals surface area (Å²) in [6.07, 6.45) is 11.9. The highest BCUT2D eigenvalue weighted by atomic mass is 32.2. The van der Waals surface area contributed by atoms with Crippen LogP contribution in [0.15, 0.2) is 12.1 Å². The molecule has 2 heterocycles. The average molecular weight is 549 g/mol. The van der Waals surface area contributed by atoms with Crippen LogP contribution in [0, 0.1) is 18.7 Å². The zero-order valence-electron chi connectivity index (χ0n) is 23.3. The summed E-state index contributed by atoms with van der Waals surface area (Å²) in [4.78, 5) is 16.6. The van der Waals surface area contributed by atoms with E-state index in [0.29, 0.717) is 24.6 Å². The number of benzene rings is 1. The molecule has 0 bridgehead atoms. The summed E-state index contributed by atoms with van der Waals surface area (Å²) >= 11 is 0. The lowest BCUT2D eigenvalue weighted by Gasteiger charge is -2.42.